The number of benzene rings is 2. The van der Waals surface area contributed by atoms with E-state index >= 15 is 0 Å². The number of carbonyl (C=O) groups is 2. The van der Waals surface area contributed by atoms with Crippen molar-refractivity contribution in [1.29, 1.82) is 0 Å². The highest BCUT2D eigenvalue weighted by molar-refractivity contribution is 6.14. The standard InChI is InChI=1S/C22H19N3O4/c1-13(26)29-15-7-5-6-14(10-15)20-16-11-23-18-8-3-4-9-19(18)25-21(16)24-12-17(20)22(27)28-2/h3-12,20,23H,1-2H3,(H,24,25)/t20-/m1/s1. The Hall–Kier alpha value is -3.87. The molecule has 2 aliphatic heterocycles. The highest BCUT2D eigenvalue weighted by Crippen LogP contribution is 2.39. The van der Waals surface area contributed by atoms with Crippen LogP contribution in [0.2, 0.25) is 0 Å². The number of para-hydroxylation sites is 2. The molecule has 7 nitrogen and oxygen atoms in total. The number of nitrogens with zero attached hydrogens (tertiary/aromatic N) is 1. The van der Waals surface area contributed by atoms with E-state index in [0.29, 0.717) is 17.2 Å². The molecule has 29 heavy (non-hydrogen) atoms. The molecular weight excluding hydrogens is 370 g/mol. The minimum Gasteiger partial charge on any atom is -0.466 e. The minimum absolute atomic E-state index is 0.386. The average molecular weight is 389 g/mol. The summed E-state index contributed by atoms with van der Waals surface area (Å²) in [6.07, 6.45) is 3.35. The lowest BCUT2D eigenvalue weighted by atomic mass is 9.83. The third kappa shape index (κ3) is 3.62. The second-order valence-electron chi connectivity index (χ2n) is 6.57. The van der Waals surface area contributed by atoms with Gasteiger partial charge in [-0.25, -0.2) is 9.79 Å². The van der Waals surface area contributed by atoms with Crippen molar-refractivity contribution in [1.82, 2.24) is 0 Å². The van der Waals surface area contributed by atoms with Gasteiger partial charge in [-0.3, -0.25) is 4.79 Å². The Morgan fingerprint density at radius 3 is 2.62 bits per heavy atom. The van der Waals surface area contributed by atoms with Crippen LogP contribution in [0.5, 0.6) is 5.75 Å². The number of anilines is 2. The predicted molar refractivity (Wildman–Crippen MR) is 110 cm³/mol. The number of ether oxygens (including phenoxy) is 2. The van der Waals surface area contributed by atoms with E-state index < -0.39 is 17.9 Å². The van der Waals surface area contributed by atoms with E-state index in [4.69, 9.17) is 9.47 Å². The molecule has 2 aliphatic rings. The SMILES string of the molecule is COC(=O)C1=CN=C2Nc3ccccc3NC=C2[C@H]1c1cccc(OC(C)=O)c1. The molecular formula is C22H19N3O4. The van der Waals surface area contributed by atoms with E-state index in [1.54, 1.807) is 18.2 Å². The molecule has 0 fully saturated rings. The number of carbonyl (C=O) groups excluding carboxylic acids is 2. The molecule has 7 heteroatoms. The van der Waals surface area contributed by atoms with Crippen molar-refractivity contribution >= 4 is 29.1 Å². The van der Waals surface area contributed by atoms with E-state index in [9.17, 15) is 9.59 Å². The van der Waals surface area contributed by atoms with Crippen molar-refractivity contribution < 1.29 is 19.1 Å². The largest absolute Gasteiger partial charge is 0.466 e. The molecule has 2 N–H and O–H groups in total. The van der Waals surface area contributed by atoms with Gasteiger partial charge in [-0.2, -0.15) is 0 Å². The molecule has 0 amide bonds. The summed E-state index contributed by atoms with van der Waals surface area (Å²) in [6, 6.07) is 14.8. The third-order valence-corrected chi connectivity index (χ3v) is 4.67. The monoisotopic (exact) mass is 389 g/mol. The first-order chi connectivity index (χ1) is 14.1. The van der Waals surface area contributed by atoms with Gasteiger partial charge in [0.1, 0.15) is 11.6 Å². The van der Waals surface area contributed by atoms with Crippen LogP contribution in [0.25, 0.3) is 0 Å². The zero-order valence-corrected chi connectivity index (χ0v) is 15.9. The molecule has 1 atom stereocenters. The van der Waals surface area contributed by atoms with E-state index in [1.807, 2.05) is 36.5 Å². The summed E-state index contributed by atoms with van der Waals surface area (Å²) in [7, 11) is 1.34. The van der Waals surface area contributed by atoms with Crippen molar-refractivity contribution in [2.75, 3.05) is 17.7 Å². The van der Waals surface area contributed by atoms with Crippen molar-refractivity contribution in [3.63, 3.8) is 0 Å². The molecule has 2 heterocycles. The number of esters is 2. The first-order valence-electron chi connectivity index (χ1n) is 9.04. The summed E-state index contributed by atoms with van der Waals surface area (Å²) in [6.45, 7) is 1.34. The molecule has 0 saturated carbocycles. The summed E-state index contributed by atoms with van der Waals surface area (Å²) >= 11 is 0. The fourth-order valence-electron chi connectivity index (χ4n) is 3.42. The lowest BCUT2D eigenvalue weighted by Crippen LogP contribution is -2.26. The van der Waals surface area contributed by atoms with Gasteiger partial charge in [0.05, 0.1) is 24.1 Å². The molecule has 0 bridgehead atoms. The number of amidine groups is 1. The van der Waals surface area contributed by atoms with Gasteiger partial charge in [0, 0.05) is 30.8 Å². The second kappa shape index (κ2) is 7.63. The normalized spacial score (nSPS) is 17.0. The molecule has 2 aromatic rings. The Morgan fingerprint density at radius 1 is 1.07 bits per heavy atom. The number of nitrogens with one attached hydrogen (secondary N) is 2. The summed E-state index contributed by atoms with van der Waals surface area (Å²) in [4.78, 5) is 28.3. The van der Waals surface area contributed by atoms with Gasteiger partial charge in [-0.15, -0.1) is 0 Å². The fraction of sp³-hybridized carbons (Fsp3) is 0.136. The summed E-state index contributed by atoms with van der Waals surface area (Å²) in [5.41, 5.74) is 3.69. The number of rotatable bonds is 3. The van der Waals surface area contributed by atoms with Crippen molar-refractivity contribution in [2.45, 2.75) is 12.8 Å². The molecule has 0 aromatic heterocycles. The van der Waals surface area contributed by atoms with Gasteiger partial charge in [0.25, 0.3) is 0 Å². The topological polar surface area (TPSA) is 89.0 Å². The number of hydrogen-bond acceptors (Lipinski definition) is 7. The number of methoxy groups -OCH3 is 1. The zero-order valence-electron chi connectivity index (χ0n) is 15.9. The van der Waals surface area contributed by atoms with Crippen LogP contribution in [0.4, 0.5) is 11.4 Å². The van der Waals surface area contributed by atoms with Crippen molar-refractivity contribution in [2.24, 2.45) is 4.99 Å². The van der Waals surface area contributed by atoms with Gasteiger partial charge in [0.2, 0.25) is 0 Å². The van der Waals surface area contributed by atoms with Gasteiger partial charge >= 0.3 is 11.9 Å². The quantitative estimate of drug-likeness (QED) is 0.616. The Morgan fingerprint density at radius 2 is 1.86 bits per heavy atom. The lowest BCUT2D eigenvalue weighted by molar-refractivity contribution is -0.136. The van der Waals surface area contributed by atoms with Crippen LogP contribution in [0.1, 0.15) is 18.4 Å². The van der Waals surface area contributed by atoms with E-state index in [2.05, 4.69) is 15.6 Å². The maximum absolute atomic E-state index is 12.5. The van der Waals surface area contributed by atoms with E-state index in [-0.39, 0.29) is 0 Å². The van der Waals surface area contributed by atoms with Crippen LogP contribution >= 0.6 is 0 Å². The molecule has 0 spiro atoms. The zero-order chi connectivity index (χ0) is 20.4. The van der Waals surface area contributed by atoms with Gasteiger partial charge in [0.15, 0.2) is 0 Å². The Labute approximate surface area is 167 Å². The Balaban J connectivity index is 1.81. The van der Waals surface area contributed by atoms with Crippen LogP contribution in [-0.4, -0.2) is 24.9 Å². The Bertz CT molecular complexity index is 1080. The molecule has 146 valence electrons. The van der Waals surface area contributed by atoms with Gasteiger partial charge < -0.3 is 20.1 Å². The number of aliphatic imine (C=N–C) groups is 1. The van der Waals surface area contributed by atoms with Crippen LogP contribution < -0.4 is 15.4 Å². The third-order valence-electron chi connectivity index (χ3n) is 4.67. The fourth-order valence-corrected chi connectivity index (χ4v) is 3.42. The van der Waals surface area contributed by atoms with Crippen molar-refractivity contribution in [3.05, 3.63) is 77.6 Å². The Kier molecular flexibility index (Phi) is 4.87. The van der Waals surface area contributed by atoms with Crippen molar-refractivity contribution in [3.8, 4) is 5.75 Å². The summed E-state index contributed by atoms with van der Waals surface area (Å²) < 4.78 is 10.2. The number of hydrogen-bond donors (Lipinski definition) is 2. The van der Waals surface area contributed by atoms with Gasteiger partial charge in [-0.05, 0) is 29.8 Å². The maximum Gasteiger partial charge on any atom is 0.336 e. The second-order valence-corrected chi connectivity index (χ2v) is 6.57. The van der Waals surface area contributed by atoms with Gasteiger partial charge in [-0.1, -0.05) is 24.3 Å². The maximum atomic E-state index is 12.5. The smallest absolute Gasteiger partial charge is 0.336 e. The number of fused-ring (bicyclic) bond motifs is 2. The average Bonchev–Trinajstić information content (AvgIpc) is 2.91. The van der Waals surface area contributed by atoms with Crippen LogP contribution in [-0.2, 0) is 14.3 Å². The van der Waals surface area contributed by atoms with Crippen LogP contribution in [0.15, 0.2) is 77.1 Å². The predicted octanol–water partition coefficient (Wildman–Crippen LogP) is 3.59. The summed E-state index contributed by atoms with van der Waals surface area (Å²) in [5, 5.41) is 6.60. The highest BCUT2D eigenvalue weighted by atomic mass is 16.5. The molecule has 0 aliphatic carbocycles. The molecule has 0 saturated heterocycles. The molecule has 0 radical (unpaired) electrons. The van der Waals surface area contributed by atoms with E-state index in [0.717, 1.165) is 22.5 Å². The molecule has 0 unspecified atom stereocenters. The first-order valence-corrected chi connectivity index (χ1v) is 9.04. The lowest BCUT2D eigenvalue weighted by Gasteiger charge is -2.26. The minimum atomic E-state index is -0.474. The molecule has 4 rings (SSSR count). The van der Waals surface area contributed by atoms with Crippen LogP contribution in [0.3, 0.4) is 0 Å². The molecule has 2 aromatic carbocycles. The van der Waals surface area contributed by atoms with E-state index in [1.165, 1.54) is 20.2 Å². The highest BCUT2D eigenvalue weighted by Gasteiger charge is 2.34. The van der Waals surface area contributed by atoms with Crippen LogP contribution in [0, 0.1) is 0 Å². The summed E-state index contributed by atoms with van der Waals surface area (Å²) in [5.74, 6) is -0.318. The first kappa shape index (κ1) is 18.5.